The topological polar surface area (TPSA) is 50.8 Å². The zero-order valence-corrected chi connectivity index (χ0v) is 12.1. The Kier molecular flexibility index (Phi) is 5.38. The average molecular weight is 278 g/mol. The maximum Gasteiger partial charge on any atom is 0.234 e. The maximum absolute atomic E-state index is 12.1. The normalized spacial score (nSPS) is 17.5. The smallest absolute Gasteiger partial charge is 0.234 e. The molecule has 1 saturated heterocycles. The summed E-state index contributed by atoms with van der Waals surface area (Å²) in [5, 5.41) is 3.02. The fraction of sp³-hybridized carbons (Fsp3) is 0.533. The number of rotatable bonds is 5. The lowest BCUT2D eigenvalue weighted by Crippen LogP contribution is -2.43. The van der Waals surface area contributed by atoms with Crippen LogP contribution in [0.1, 0.15) is 18.5 Å². The zero-order chi connectivity index (χ0) is 14.4. The Morgan fingerprint density at radius 1 is 1.40 bits per heavy atom. The van der Waals surface area contributed by atoms with Crippen molar-refractivity contribution in [2.45, 2.75) is 13.0 Å². The van der Waals surface area contributed by atoms with Gasteiger partial charge in [-0.25, -0.2) is 0 Å². The molecule has 1 aromatic carbocycles. The quantitative estimate of drug-likeness (QED) is 0.879. The molecule has 0 radical (unpaired) electrons. The lowest BCUT2D eigenvalue weighted by molar-refractivity contribution is -0.123. The van der Waals surface area contributed by atoms with Gasteiger partial charge in [0.05, 0.1) is 32.9 Å². The number of hydrogen-bond donors (Lipinski definition) is 1. The van der Waals surface area contributed by atoms with Gasteiger partial charge < -0.3 is 14.8 Å². The van der Waals surface area contributed by atoms with Crippen LogP contribution in [0.5, 0.6) is 5.75 Å². The van der Waals surface area contributed by atoms with Crippen molar-refractivity contribution < 1.29 is 14.3 Å². The number of para-hydroxylation sites is 1. The predicted molar refractivity (Wildman–Crippen MR) is 76.8 cm³/mol. The Hall–Kier alpha value is -1.59. The highest BCUT2D eigenvalue weighted by Gasteiger charge is 2.17. The van der Waals surface area contributed by atoms with Gasteiger partial charge in [-0.05, 0) is 13.0 Å². The molecule has 1 aliphatic heterocycles. The maximum atomic E-state index is 12.1. The molecule has 110 valence electrons. The predicted octanol–water partition coefficient (Wildman–Crippen LogP) is 1.20. The van der Waals surface area contributed by atoms with Gasteiger partial charge in [0, 0.05) is 18.7 Å². The monoisotopic (exact) mass is 278 g/mol. The first-order valence-corrected chi connectivity index (χ1v) is 6.93. The summed E-state index contributed by atoms with van der Waals surface area (Å²) in [7, 11) is 1.64. The number of amides is 1. The number of hydrogen-bond acceptors (Lipinski definition) is 4. The Labute approximate surface area is 119 Å². The molecule has 0 aliphatic carbocycles. The van der Waals surface area contributed by atoms with Crippen molar-refractivity contribution in [3.05, 3.63) is 29.8 Å². The molecule has 2 rings (SSSR count). The van der Waals surface area contributed by atoms with Crippen LogP contribution in [0.4, 0.5) is 0 Å². The minimum absolute atomic E-state index is 0.0327. The van der Waals surface area contributed by atoms with Crippen molar-refractivity contribution in [2.75, 3.05) is 40.0 Å². The van der Waals surface area contributed by atoms with E-state index < -0.39 is 0 Å². The van der Waals surface area contributed by atoms with Crippen LogP contribution >= 0.6 is 0 Å². The van der Waals surface area contributed by atoms with Crippen molar-refractivity contribution in [3.8, 4) is 5.75 Å². The number of nitrogens with one attached hydrogen (secondary N) is 1. The highest BCUT2D eigenvalue weighted by atomic mass is 16.5. The van der Waals surface area contributed by atoms with E-state index >= 15 is 0 Å². The third kappa shape index (κ3) is 3.95. The van der Waals surface area contributed by atoms with Gasteiger partial charge in [0.25, 0.3) is 0 Å². The van der Waals surface area contributed by atoms with Crippen LogP contribution in [0, 0.1) is 0 Å². The summed E-state index contributed by atoms with van der Waals surface area (Å²) < 4.78 is 10.6. The van der Waals surface area contributed by atoms with Crippen LogP contribution in [0.25, 0.3) is 0 Å². The van der Waals surface area contributed by atoms with Crippen molar-refractivity contribution in [2.24, 2.45) is 0 Å². The number of nitrogens with zero attached hydrogens (tertiary/aromatic N) is 1. The Bertz CT molecular complexity index is 444. The van der Waals surface area contributed by atoms with E-state index in [1.54, 1.807) is 7.11 Å². The molecule has 20 heavy (non-hydrogen) atoms. The second-order valence-electron chi connectivity index (χ2n) is 4.92. The number of carbonyl (C=O) groups excluding carboxylic acids is 1. The highest BCUT2D eigenvalue weighted by Crippen LogP contribution is 2.24. The van der Waals surface area contributed by atoms with Gasteiger partial charge in [-0.1, -0.05) is 18.2 Å². The summed E-state index contributed by atoms with van der Waals surface area (Å²) in [6, 6.07) is 7.67. The van der Waals surface area contributed by atoms with E-state index in [0.29, 0.717) is 19.8 Å². The second-order valence-corrected chi connectivity index (χ2v) is 4.92. The first-order chi connectivity index (χ1) is 9.70. The van der Waals surface area contributed by atoms with Gasteiger partial charge in [-0.15, -0.1) is 0 Å². The SMILES string of the molecule is COc1ccccc1C(C)NC(=O)CN1CCOCC1. The van der Waals surface area contributed by atoms with E-state index in [4.69, 9.17) is 9.47 Å². The zero-order valence-electron chi connectivity index (χ0n) is 12.1. The van der Waals surface area contributed by atoms with Crippen LogP contribution in [-0.2, 0) is 9.53 Å². The molecule has 5 nitrogen and oxygen atoms in total. The molecular formula is C15H22N2O3. The molecule has 1 N–H and O–H groups in total. The number of carbonyl (C=O) groups is 1. The summed E-state index contributed by atoms with van der Waals surface area (Å²) >= 11 is 0. The Morgan fingerprint density at radius 3 is 2.80 bits per heavy atom. The van der Waals surface area contributed by atoms with E-state index in [2.05, 4.69) is 10.2 Å². The van der Waals surface area contributed by atoms with E-state index in [9.17, 15) is 4.79 Å². The van der Waals surface area contributed by atoms with E-state index in [-0.39, 0.29) is 11.9 Å². The van der Waals surface area contributed by atoms with Gasteiger partial charge >= 0.3 is 0 Å². The number of methoxy groups -OCH3 is 1. The van der Waals surface area contributed by atoms with E-state index in [1.807, 2.05) is 31.2 Å². The minimum Gasteiger partial charge on any atom is -0.496 e. The molecule has 1 amide bonds. The molecule has 1 heterocycles. The van der Waals surface area contributed by atoms with Gasteiger partial charge in [0.15, 0.2) is 0 Å². The molecule has 5 heteroatoms. The van der Waals surface area contributed by atoms with E-state index in [1.165, 1.54) is 0 Å². The first kappa shape index (κ1) is 14.8. The van der Waals surface area contributed by atoms with Gasteiger partial charge in [-0.3, -0.25) is 9.69 Å². The summed E-state index contributed by atoms with van der Waals surface area (Å²) in [5.74, 6) is 0.831. The van der Waals surface area contributed by atoms with E-state index in [0.717, 1.165) is 24.4 Å². The van der Waals surface area contributed by atoms with Gasteiger partial charge in [0.1, 0.15) is 5.75 Å². The number of morpholine rings is 1. The lowest BCUT2D eigenvalue weighted by Gasteiger charge is -2.26. The standard InChI is InChI=1S/C15H22N2O3/c1-12(13-5-3-4-6-14(13)19-2)16-15(18)11-17-7-9-20-10-8-17/h3-6,12H,7-11H2,1-2H3,(H,16,18). The molecule has 0 aromatic heterocycles. The van der Waals surface area contributed by atoms with Crippen LogP contribution in [0.3, 0.4) is 0 Å². The molecule has 0 saturated carbocycles. The third-order valence-corrected chi connectivity index (χ3v) is 3.45. The minimum atomic E-state index is -0.0697. The fourth-order valence-corrected chi connectivity index (χ4v) is 2.35. The van der Waals surface area contributed by atoms with Gasteiger partial charge in [0.2, 0.25) is 5.91 Å². The highest BCUT2D eigenvalue weighted by molar-refractivity contribution is 5.78. The van der Waals surface area contributed by atoms with Crippen molar-refractivity contribution in [1.29, 1.82) is 0 Å². The molecule has 1 atom stereocenters. The van der Waals surface area contributed by atoms with Crippen LogP contribution in [0.2, 0.25) is 0 Å². The summed E-state index contributed by atoms with van der Waals surface area (Å²) in [4.78, 5) is 14.2. The number of benzene rings is 1. The summed E-state index contributed by atoms with van der Waals surface area (Å²) in [6.45, 7) is 5.43. The molecule has 1 aromatic rings. The molecule has 0 spiro atoms. The largest absolute Gasteiger partial charge is 0.496 e. The molecular weight excluding hydrogens is 256 g/mol. The summed E-state index contributed by atoms with van der Waals surface area (Å²) in [6.07, 6.45) is 0. The van der Waals surface area contributed by atoms with Gasteiger partial charge in [-0.2, -0.15) is 0 Å². The van der Waals surface area contributed by atoms with Crippen molar-refractivity contribution in [1.82, 2.24) is 10.2 Å². The van der Waals surface area contributed by atoms with Crippen LogP contribution < -0.4 is 10.1 Å². The fourth-order valence-electron chi connectivity index (χ4n) is 2.35. The average Bonchev–Trinajstić information content (AvgIpc) is 2.48. The number of ether oxygens (including phenoxy) is 2. The third-order valence-electron chi connectivity index (χ3n) is 3.45. The van der Waals surface area contributed by atoms with Crippen LogP contribution in [0.15, 0.2) is 24.3 Å². The lowest BCUT2D eigenvalue weighted by atomic mass is 10.1. The first-order valence-electron chi connectivity index (χ1n) is 6.93. The Balaban J connectivity index is 1.89. The van der Waals surface area contributed by atoms with Crippen LogP contribution in [-0.4, -0.2) is 50.8 Å². The molecule has 1 unspecified atom stereocenters. The van der Waals surface area contributed by atoms with Crippen molar-refractivity contribution in [3.63, 3.8) is 0 Å². The van der Waals surface area contributed by atoms with Crippen molar-refractivity contribution >= 4 is 5.91 Å². The molecule has 0 bridgehead atoms. The summed E-state index contributed by atoms with van der Waals surface area (Å²) in [5.41, 5.74) is 0.991. The second kappa shape index (κ2) is 7.26. The molecule has 1 fully saturated rings. The Morgan fingerprint density at radius 2 is 2.10 bits per heavy atom. The molecule has 1 aliphatic rings.